The molecule has 3 aromatic rings. The van der Waals surface area contributed by atoms with Gasteiger partial charge in [-0.3, -0.25) is 14.4 Å². The van der Waals surface area contributed by atoms with Crippen molar-refractivity contribution in [1.29, 1.82) is 0 Å². The molecule has 8 heteroatoms. The molecule has 2 N–H and O–H groups in total. The largest absolute Gasteiger partial charge is 0.322 e. The van der Waals surface area contributed by atoms with Crippen LogP contribution >= 0.6 is 11.3 Å². The van der Waals surface area contributed by atoms with Gasteiger partial charge in [0.1, 0.15) is 0 Å². The Hall–Kier alpha value is -3.52. The number of thiazole rings is 1. The molecule has 0 bridgehead atoms. The lowest BCUT2D eigenvalue weighted by atomic mass is 10.2. The zero-order chi connectivity index (χ0) is 21.1. The van der Waals surface area contributed by atoms with E-state index in [4.69, 9.17) is 0 Å². The smallest absolute Gasteiger partial charge is 0.248 e. The van der Waals surface area contributed by atoms with Gasteiger partial charge in [0.2, 0.25) is 17.7 Å². The summed E-state index contributed by atoms with van der Waals surface area (Å²) in [5, 5.41) is 6.02. The Bertz CT molecular complexity index is 1150. The second-order valence-electron chi connectivity index (χ2n) is 6.95. The van der Waals surface area contributed by atoms with Crippen molar-refractivity contribution in [3.63, 3.8) is 0 Å². The first kappa shape index (κ1) is 19.8. The fraction of sp³-hybridized carbons (Fsp3) is 0.182. The zero-order valence-electron chi connectivity index (χ0n) is 16.3. The van der Waals surface area contributed by atoms with Crippen LogP contribution in [0.1, 0.15) is 25.3 Å². The topological polar surface area (TPSA) is 91.4 Å². The number of aromatic nitrogens is 1. The first-order valence-corrected chi connectivity index (χ1v) is 10.4. The molecule has 30 heavy (non-hydrogen) atoms. The van der Waals surface area contributed by atoms with Crippen molar-refractivity contribution in [1.82, 2.24) is 4.98 Å². The molecule has 0 saturated carbocycles. The monoisotopic (exact) mass is 420 g/mol. The second-order valence-corrected chi connectivity index (χ2v) is 7.98. The molecule has 1 aromatic heterocycles. The highest BCUT2D eigenvalue weighted by Gasteiger charge is 2.21. The van der Waals surface area contributed by atoms with E-state index in [9.17, 15) is 14.4 Å². The molecule has 2 aromatic carbocycles. The van der Waals surface area contributed by atoms with Crippen LogP contribution in [0, 0.1) is 0 Å². The van der Waals surface area contributed by atoms with Crippen molar-refractivity contribution >= 4 is 61.9 Å². The van der Waals surface area contributed by atoms with Gasteiger partial charge in [-0.1, -0.05) is 23.5 Å². The Morgan fingerprint density at radius 3 is 2.63 bits per heavy atom. The quantitative estimate of drug-likeness (QED) is 0.610. The van der Waals surface area contributed by atoms with Gasteiger partial charge >= 0.3 is 0 Å². The van der Waals surface area contributed by atoms with Crippen LogP contribution in [0.25, 0.3) is 16.3 Å². The van der Waals surface area contributed by atoms with Crippen LogP contribution in [0.2, 0.25) is 0 Å². The molecule has 0 atom stereocenters. The molecular formula is C22H20N4O3S. The number of fused-ring (bicyclic) bond motifs is 1. The number of nitrogens with zero attached hydrogens (tertiary/aromatic N) is 2. The molecule has 1 aliphatic heterocycles. The average molecular weight is 420 g/mol. The molecule has 152 valence electrons. The summed E-state index contributed by atoms with van der Waals surface area (Å²) in [6, 6.07) is 13.0. The molecule has 2 heterocycles. The third-order valence-electron chi connectivity index (χ3n) is 4.64. The summed E-state index contributed by atoms with van der Waals surface area (Å²) in [5.41, 5.74) is 3.17. The Morgan fingerprint density at radius 2 is 1.93 bits per heavy atom. The molecule has 3 amide bonds. The number of benzene rings is 2. The van der Waals surface area contributed by atoms with E-state index in [1.807, 2.05) is 30.3 Å². The number of hydrogen-bond acceptors (Lipinski definition) is 5. The number of rotatable bonds is 5. The third-order valence-corrected chi connectivity index (χ3v) is 5.58. The van der Waals surface area contributed by atoms with Gasteiger partial charge in [-0.15, -0.1) is 0 Å². The summed E-state index contributed by atoms with van der Waals surface area (Å²) < 4.78 is 0.868. The maximum absolute atomic E-state index is 12.3. The van der Waals surface area contributed by atoms with E-state index in [1.165, 1.54) is 24.3 Å². The first-order valence-electron chi connectivity index (χ1n) is 9.55. The van der Waals surface area contributed by atoms with Gasteiger partial charge in [0.25, 0.3) is 0 Å². The van der Waals surface area contributed by atoms with Crippen LogP contribution in [0.15, 0.2) is 48.5 Å². The summed E-state index contributed by atoms with van der Waals surface area (Å²) in [5.74, 6) is -0.271. The van der Waals surface area contributed by atoms with Crippen molar-refractivity contribution in [2.24, 2.45) is 0 Å². The fourth-order valence-electron chi connectivity index (χ4n) is 3.25. The molecule has 1 fully saturated rings. The molecule has 0 unspecified atom stereocenters. The lowest BCUT2D eigenvalue weighted by molar-refractivity contribution is -0.117. The number of anilines is 3. The summed E-state index contributed by atoms with van der Waals surface area (Å²) in [6.45, 7) is 2.19. The highest BCUT2D eigenvalue weighted by atomic mass is 32.1. The van der Waals surface area contributed by atoms with Gasteiger partial charge in [0.05, 0.1) is 10.2 Å². The minimum absolute atomic E-state index is 0.153. The van der Waals surface area contributed by atoms with Gasteiger partial charge in [-0.25, -0.2) is 4.98 Å². The maximum atomic E-state index is 12.3. The Balaban J connectivity index is 1.39. The fourth-order valence-corrected chi connectivity index (χ4v) is 4.20. The Labute approximate surface area is 177 Å². The van der Waals surface area contributed by atoms with Crippen LogP contribution in [0.3, 0.4) is 0 Å². The summed E-state index contributed by atoms with van der Waals surface area (Å²) in [6.07, 6.45) is 4.69. The van der Waals surface area contributed by atoms with E-state index >= 15 is 0 Å². The summed E-state index contributed by atoms with van der Waals surface area (Å²) in [4.78, 5) is 41.4. The van der Waals surface area contributed by atoms with E-state index in [1.54, 1.807) is 23.1 Å². The molecule has 0 radical (unpaired) electrons. The Kier molecular flexibility index (Phi) is 5.58. The predicted octanol–water partition coefficient (Wildman–Crippen LogP) is 4.03. The van der Waals surface area contributed by atoms with Crippen LogP contribution < -0.4 is 15.5 Å². The Morgan fingerprint density at radius 1 is 1.13 bits per heavy atom. The predicted molar refractivity (Wildman–Crippen MR) is 120 cm³/mol. The van der Waals surface area contributed by atoms with Gasteiger partial charge in [-0.2, -0.15) is 0 Å². The molecular weight excluding hydrogens is 400 g/mol. The summed E-state index contributed by atoms with van der Waals surface area (Å²) >= 11 is 1.35. The number of amides is 3. The zero-order valence-corrected chi connectivity index (χ0v) is 17.2. The lowest BCUT2D eigenvalue weighted by Gasteiger charge is -2.15. The standard InChI is InChI=1S/C22H20N4O3S/c1-14(27)23-22-25-18-10-7-16(13-19(18)30-22)24-20(28)11-6-15-4-8-17(9-5-15)26-12-2-3-21(26)29/h4-11,13H,2-3,12H2,1H3,(H,24,28)(H,23,25,27). The first-order chi connectivity index (χ1) is 14.5. The van der Waals surface area contributed by atoms with Crippen molar-refractivity contribution in [2.45, 2.75) is 19.8 Å². The second kappa shape index (κ2) is 8.46. The maximum Gasteiger partial charge on any atom is 0.248 e. The van der Waals surface area contributed by atoms with Crippen LogP contribution in [-0.2, 0) is 14.4 Å². The van der Waals surface area contributed by atoms with Crippen molar-refractivity contribution in [3.05, 3.63) is 54.1 Å². The van der Waals surface area contributed by atoms with Crippen LogP contribution in [0.5, 0.6) is 0 Å². The van der Waals surface area contributed by atoms with E-state index in [0.29, 0.717) is 17.2 Å². The van der Waals surface area contributed by atoms with Crippen LogP contribution in [0.4, 0.5) is 16.5 Å². The number of carbonyl (C=O) groups is 3. The molecule has 4 rings (SSSR count). The highest BCUT2D eigenvalue weighted by molar-refractivity contribution is 7.22. The number of nitrogens with one attached hydrogen (secondary N) is 2. The molecule has 1 aliphatic rings. The number of hydrogen-bond donors (Lipinski definition) is 2. The minimum Gasteiger partial charge on any atom is -0.322 e. The lowest BCUT2D eigenvalue weighted by Crippen LogP contribution is -2.23. The highest BCUT2D eigenvalue weighted by Crippen LogP contribution is 2.28. The molecule has 0 spiro atoms. The van der Waals surface area contributed by atoms with Gasteiger partial charge < -0.3 is 15.5 Å². The van der Waals surface area contributed by atoms with Gasteiger partial charge in [-0.05, 0) is 48.4 Å². The SMILES string of the molecule is CC(=O)Nc1nc2ccc(NC(=O)C=Cc3ccc(N4CCCC4=O)cc3)cc2s1. The summed E-state index contributed by atoms with van der Waals surface area (Å²) in [7, 11) is 0. The van der Waals surface area contributed by atoms with Crippen molar-refractivity contribution in [3.8, 4) is 0 Å². The van der Waals surface area contributed by atoms with Gasteiger partial charge in [0.15, 0.2) is 5.13 Å². The molecule has 0 aliphatic carbocycles. The van der Waals surface area contributed by atoms with E-state index < -0.39 is 0 Å². The van der Waals surface area contributed by atoms with Crippen molar-refractivity contribution in [2.75, 3.05) is 22.1 Å². The molecule has 7 nitrogen and oxygen atoms in total. The van der Waals surface area contributed by atoms with E-state index in [0.717, 1.165) is 34.4 Å². The van der Waals surface area contributed by atoms with Crippen molar-refractivity contribution < 1.29 is 14.4 Å². The number of carbonyl (C=O) groups excluding carboxylic acids is 3. The minimum atomic E-state index is -0.250. The third kappa shape index (κ3) is 4.55. The molecule has 1 saturated heterocycles. The van der Waals surface area contributed by atoms with Gasteiger partial charge in [0, 0.05) is 37.3 Å². The normalized spacial score (nSPS) is 13.9. The average Bonchev–Trinajstić information content (AvgIpc) is 3.31. The van der Waals surface area contributed by atoms with E-state index in [-0.39, 0.29) is 17.7 Å². The van der Waals surface area contributed by atoms with E-state index in [2.05, 4.69) is 15.6 Å². The van der Waals surface area contributed by atoms with Crippen LogP contribution in [-0.4, -0.2) is 29.3 Å².